The number of β-amino-alcohol motifs (C(OH)–C–C–N with tert-alkyl or cyclic N) is 1. The maximum Gasteiger partial charge on any atom is 0.416 e. The zero-order chi connectivity index (χ0) is 17.5. The molecule has 24 heavy (non-hydrogen) atoms. The molecule has 2 aliphatic rings. The molecule has 132 valence electrons. The molecule has 4 unspecified atom stereocenters. The Kier molecular flexibility index (Phi) is 4.57. The fourth-order valence-corrected chi connectivity index (χ4v) is 3.46. The molecular weight excluding hydrogens is 323 g/mol. The molecule has 2 heterocycles. The number of amides is 1. The number of halogens is 3. The number of aliphatic hydroxyl groups excluding tert-OH is 1. The summed E-state index contributed by atoms with van der Waals surface area (Å²) < 4.78 is 44.4. The van der Waals surface area contributed by atoms with Crippen molar-refractivity contribution in [3.63, 3.8) is 0 Å². The van der Waals surface area contributed by atoms with E-state index in [1.807, 2.05) is 6.92 Å². The SMILES string of the molecule is CC1CCC(C(=O)N2CC(O)CC2c2cccc(C(F)(F)F)c2)O1. The lowest BCUT2D eigenvalue weighted by Gasteiger charge is -2.27. The summed E-state index contributed by atoms with van der Waals surface area (Å²) in [7, 11) is 0. The van der Waals surface area contributed by atoms with Gasteiger partial charge in [0.1, 0.15) is 6.10 Å². The number of alkyl halides is 3. The summed E-state index contributed by atoms with van der Waals surface area (Å²) in [6.45, 7) is 2.00. The number of carbonyl (C=O) groups excluding carboxylic acids is 1. The molecule has 7 heteroatoms. The van der Waals surface area contributed by atoms with E-state index in [1.54, 1.807) is 6.07 Å². The Balaban J connectivity index is 1.84. The van der Waals surface area contributed by atoms with Gasteiger partial charge in [0.05, 0.1) is 23.8 Å². The molecule has 2 saturated heterocycles. The molecule has 2 aliphatic heterocycles. The van der Waals surface area contributed by atoms with Crippen LogP contribution in [0.25, 0.3) is 0 Å². The van der Waals surface area contributed by atoms with Gasteiger partial charge >= 0.3 is 6.18 Å². The molecule has 4 atom stereocenters. The van der Waals surface area contributed by atoms with Crippen LogP contribution in [0, 0.1) is 0 Å². The molecule has 0 radical (unpaired) electrons. The highest BCUT2D eigenvalue weighted by Crippen LogP contribution is 2.37. The number of hydrogen-bond acceptors (Lipinski definition) is 3. The number of aliphatic hydroxyl groups is 1. The molecule has 1 aromatic carbocycles. The van der Waals surface area contributed by atoms with Gasteiger partial charge in [-0.15, -0.1) is 0 Å². The minimum Gasteiger partial charge on any atom is -0.391 e. The van der Waals surface area contributed by atoms with E-state index in [0.29, 0.717) is 12.0 Å². The van der Waals surface area contributed by atoms with Crippen molar-refractivity contribution in [1.82, 2.24) is 4.90 Å². The van der Waals surface area contributed by atoms with Crippen molar-refractivity contribution in [3.05, 3.63) is 35.4 Å². The van der Waals surface area contributed by atoms with Gasteiger partial charge in [0.25, 0.3) is 5.91 Å². The topological polar surface area (TPSA) is 49.8 Å². The molecule has 4 nitrogen and oxygen atoms in total. The Labute approximate surface area is 138 Å². The van der Waals surface area contributed by atoms with E-state index in [1.165, 1.54) is 11.0 Å². The van der Waals surface area contributed by atoms with Crippen LogP contribution in [0.3, 0.4) is 0 Å². The Bertz CT molecular complexity index is 619. The van der Waals surface area contributed by atoms with E-state index >= 15 is 0 Å². The van der Waals surface area contributed by atoms with Gasteiger partial charge in [-0.3, -0.25) is 4.79 Å². The predicted molar refractivity (Wildman–Crippen MR) is 80.1 cm³/mol. The van der Waals surface area contributed by atoms with Gasteiger partial charge in [0, 0.05) is 6.54 Å². The predicted octanol–water partition coefficient (Wildman–Crippen LogP) is 2.91. The number of likely N-dealkylation sites (tertiary alicyclic amines) is 1. The fraction of sp³-hybridized carbons (Fsp3) is 0.588. The molecule has 0 bridgehead atoms. The van der Waals surface area contributed by atoms with Crippen molar-refractivity contribution in [2.45, 2.75) is 56.7 Å². The van der Waals surface area contributed by atoms with Gasteiger partial charge in [-0.05, 0) is 43.9 Å². The third kappa shape index (κ3) is 3.42. The van der Waals surface area contributed by atoms with E-state index < -0.39 is 30.0 Å². The zero-order valence-electron chi connectivity index (χ0n) is 13.3. The van der Waals surface area contributed by atoms with Crippen LogP contribution in [0.4, 0.5) is 13.2 Å². The second kappa shape index (κ2) is 6.37. The highest BCUT2D eigenvalue weighted by Gasteiger charge is 2.41. The third-order valence-electron chi connectivity index (χ3n) is 4.67. The first-order chi connectivity index (χ1) is 11.3. The zero-order valence-corrected chi connectivity index (χ0v) is 13.3. The van der Waals surface area contributed by atoms with Crippen molar-refractivity contribution >= 4 is 5.91 Å². The first-order valence-electron chi connectivity index (χ1n) is 8.07. The summed E-state index contributed by atoms with van der Waals surface area (Å²) in [5.41, 5.74) is -0.361. The smallest absolute Gasteiger partial charge is 0.391 e. The Morgan fingerprint density at radius 2 is 2.08 bits per heavy atom. The minimum atomic E-state index is -4.44. The Morgan fingerprint density at radius 1 is 1.33 bits per heavy atom. The molecule has 1 amide bonds. The van der Waals surface area contributed by atoms with E-state index in [2.05, 4.69) is 0 Å². The van der Waals surface area contributed by atoms with Gasteiger partial charge in [0.2, 0.25) is 0 Å². The van der Waals surface area contributed by atoms with Gasteiger partial charge in [-0.1, -0.05) is 12.1 Å². The van der Waals surface area contributed by atoms with Crippen LogP contribution in [-0.2, 0) is 15.7 Å². The summed E-state index contributed by atoms with van der Waals surface area (Å²) >= 11 is 0. The van der Waals surface area contributed by atoms with E-state index in [4.69, 9.17) is 4.74 Å². The van der Waals surface area contributed by atoms with Crippen molar-refractivity contribution < 1.29 is 27.8 Å². The number of benzene rings is 1. The van der Waals surface area contributed by atoms with Crippen molar-refractivity contribution in [2.24, 2.45) is 0 Å². The number of nitrogens with zero attached hydrogens (tertiary/aromatic N) is 1. The number of hydrogen-bond donors (Lipinski definition) is 1. The first-order valence-corrected chi connectivity index (χ1v) is 8.07. The van der Waals surface area contributed by atoms with Crippen LogP contribution < -0.4 is 0 Å². The average Bonchev–Trinajstić information content (AvgIpc) is 3.12. The highest BCUT2D eigenvalue weighted by molar-refractivity contribution is 5.82. The normalized spacial score (nSPS) is 30.8. The molecule has 0 spiro atoms. The monoisotopic (exact) mass is 343 g/mol. The van der Waals surface area contributed by atoms with Crippen LogP contribution >= 0.6 is 0 Å². The number of rotatable bonds is 2. The molecule has 1 N–H and O–H groups in total. The lowest BCUT2D eigenvalue weighted by Crippen LogP contribution is -2.39. The van der Waals surface area contributed by atoms with E-state index in [-0.39, 0.29) is 25.0 Å². The van der Waals surface area contributed by atoms with Crippen LogP contribution in [0.15, 0.2) is 24.3 Å². The van der Waals surface area contributed by atoms with Crippen molar-refractivity contribution in [3.8, 4) is 0 Å². The largest absolute Gasteiger partial charge is 0.416 e. The molecule has 0 saturated carbocycles. The maximum absolute atomic E-state index is 12.9. The maximum atomic E-state index is 12.9. The average molecular weight is 343 g/mol. The van der Waals surface area contributed by atoms with Gasteiger partial charge < -0.3 is 14.7 Å². The van der Waals surface area contributed by atoms with Gasteiger partial charge in [0.15, 0.2) is 0 Å². The lowest BCUT2D eigenvalue weighted by atomic mass is 10.0. The molecule has 1 aromatic rings. The lowest BCUT2D eigenvalue weighted by molar-refractivity contribution is -0.143. The summed E-state index contributed by atoms with van der Waals surface area (Å²) in [6, 6.07) is 4.40. The number of carbonyl (C=O) groups is 1. The molecular formula is C17H20F3NO3. The quantitative estimate of drug-likeness (QED) is 0.898. The van der Waals surface area contributed by atoms with Crippen LogP contribution in [-0.4, -0.2) is 40.8 Å². The van der Waals surface area contributed by atoms with Crippen LogP contribution in [0.1, 0.15) is 43.4 Å². The van der Waals surface area contributed by atoms with E-state index in [9.17, 15) is 23.1 Å². The highest BCUT2D eigenvalue weighted by atomic mass is 19.4. The molecule has 2 fully saturated rings. The van der Waals surface area contributed by atoms with Gasteiger partial charge in [-0.2, -0.15) is 13.2 Å². The van der Waals surface area contributed by atoms with E-state index in [0.717, 1.165) is 18.6 Å². The van der Waals surface area contributed by atoms with Crippen LogP contribution in [0.2, 0.25) is 0 Å². The first kappa shape index (κ1) is 17.2. The van der Waals surface area contributed by atoms with Crippen LogP contribution in [0.5, 0.6) is 0 Å². The Hall–Kier alpha value is -1.60. The minimum absolute atomic E-state index is 0.00140. The second-order valence-corrected chi connectivity index (χ2v) is 6.53. The molecule has 0 aliphatic carbocycles. The van der Waals surface area contributed by atoms with Crippen molar-refractivity contribution in [2.75, 3.05) is 6.54 Å². The third-order valence-corrected chi connectivity index (χ3v) is 4.67. The standard InChI is InChI=1S/C17H20F3NO3/c1-10-5-6-15(24-10)16(23)21-9-13(22)8-14(21)11-3-2-4-12(7-11)17(18,19)20/h2-4,7,10,13-15,22H,5-6,8-9H2,1H3. The second-order valence-electron chi connectivity index (χ2n) is 6.53. The number of ether oxygens (including phenoxy) is 1. The molecule has 0 aromatic heterocycles. The summed E-state index contributed by atoms with van der Waals surface area (Å²) in [4.78, 5) is 14.1. The fourth-order valence-electron chi connectivity index (χ4n) is 3.46. The summed E-state index contributed by atoms with van der Waals surface area (Å²) in [5.74, 6) is -0.252. The summed E-state index contributed by atoms with van der Waals surface area (Å²) in [6.07, 6.45) is -4.14. The van der Waals surface area contributed by atoms with Crippen molar-refractivity contribution in [1.29, 1.82) is 0 Å². The summed E-state index contributed by atoms with van der Waals surface area (Å²) in [5, 5.41) is 9.95. The Morgan fingerprint density at radius 3 is 2.71 bits per heavy atom. The molecule has 3 rings (SSSR count). The van der Waals surface area contributed by atoms with Gasteiger partial charge in [-0.25, -0.2) is 0 Å².